The van der Waals surface area contributed by atoms with Crippen molar-refractivity contribution in [3.05, 3.63) is 89.0 Å². The normalized spacial score (nSPS) is 16.3. The van der Waals surface area contributed by atoms with E-state index >= 15 is 0 Å². The average Bonchev–Trinajstić information content (AvgIpc) is 3.19. The van der Waals surface area contributed by atoms with Crippen LogP contribution >= 0.6 is 0 Å². The molecule has 8 heteroatoms. The van der Waals surface area contributed by atoms with E-state index in [-0.39, 0.29) is 22.6 Å². The van der Waals surface area contributed by atoms with Crippen LogP contribution in [-0.2, 0) is 20.8 Å². The van der Waals surface area contributed by atoms with Crippen molar-refractivity contribution in [3.63, 3.8) is 0 Å². The molecule has 4 rings (SSSR count). The van der Waals surface area contributed by atoms with Crippen molar-refractivity contribution in [3.8, 4) is 17.2 Å². The molecule has 0 aromatic heterocycles. The van der Waals surface area contributed by atoms with E-state index in [9.17, 15) is 19.5 Å². The fourth-order valence-corrected chi connectivity index (χ4v) is 4.60. The second-order valence-electron chi connectivity index (χ2n) is 8.88. The number of aliphatic hydroxyl groups is 1. The van der Waals surface area contributed by atoms with E-state index in [1.165, 1.54) is 11.8 Å². The highest BCUT2D eigenvalue weighted by molar-refractivity contribution is 6.51. The Labute approximate surface area is 227 Å². The SMILES string of the molecule is CCOc1ccc(/C(O)=C2\C(=O)C(=O)N(c3ccc(CC)cc3)C2c2cccc(OC(C)=O)c2)c(OCC)c1. The zero-order valence-corrected chi connectivity index (χ0v) is 22.4. The Hall–Kier alpha value is -4.59. The van der Waals surface area contributed by atoms with Crippen molar-refractivity contribution in [2.45, 2.75) is 40.2 Å². The van der Waals surface area contributed by atoms with Gasteiger partial charge in [0.2, 0.25) is 0 Å². The van der Waals surface area contributed by atoms with Crippen LogP contribution in [0.15, 0.2) is 72.3 Å². The summed E-state index contributed by atoms with van der Waals surface area (Å²) in [6.07, 6.45) is 0.810. The van der Waals surface area contributed by atoms with Gasteiger partial charge in [-0.05, 0) is 67.8 Å². The van der Waals surface area contributed by atoms with E-state index in [1.807, 2.05) is 26.0 Å². The highest BCUT2D eigenvalue weighted by Crippen LogP contribution is 2.44. The van der Waals surface area contributed by atoms with Gasteiger partial charge >= 0.3 is 5.97 Å². The molecular formula is C31H31NO7. The van der Waals surface area contributed by atoms with Crippen molar-refractivity contribution < 1.29 is 33.7 Å². The van der Waals surface area contributed by atoms with Gasteiger partial charge in [0, 0.05) is 18.7 Å². The maximum absolute atomic E-state index is 13.6. The first kappa shape index (κ1) is 27.4. The molecule has 1 amide bonds. The van der Waals surface area contributed by atoms with E-state index in [4.69, 9.17) is 14.2 Å². The van der Waals surface area contributed by atoms with Gasteiger partial charge < -0.3 is 19.3 Å². The number of ether oxygens (including phenoxy) is 3. The van der Waals surface area contributed by atoms with Crippen LogP contribution in [0, 0.1) is 0 Å². The van der Waals surface area contributed by atoms with Gasteiger partial charge in [0.15, 0.2) is 0 Å². The summed E-state index contributed by atoms with van der Waals surface area (Å²) in [4.78, 5) is 40.0. The second-order valence-corrected chi connectivity index (χ2v) is 8.88. The van der Waals surface area contributed by atoms with Gasteiger partial charge in [-0.2, -0.15) is 0 Å². The molecule has 0 saturated carbocycles. The number of anilines is 1. The number of hydrogen-bond donors (Lipinski definition) is 1. The van der Waals surface area contributed by atoms with E-state index in [2.05, 4.69) is 0 Å². The topological polar surface area (TPSA) is 102 Å². The Morgan fingerprint density at radius 2 is 1.62 bits per heavy atom. The predicted octanol–water partition coefficient (Wildman–Crippen LogP) is 5.60. The summed E-state index contributed by atoms with van der Waals surface area (Å²) in [5.74, 6) is -1.41. The summed E-state index contributed by atoms with van der Waals surface area (Å²) in [5, 5.41) is 11.6. The number of benzene rings is 3. The third-order valence-corrected chi connectivity index (χ3v) is 6.32. The zero-order chi connectivity index (χ0) is 28.1. The molecular weight excluding hydrogens is 498 g/mol. The number of Topliss-reactive ketones (excluding diaryl/α,β-unsaturated/α-hetero) is 1. The lowest BCUT2D eigenvalue weighted by Gasteiger charge is -2.26. The van der Waals surface area contributed by atoms with Crippen LogP contribution in [0.4, 0.5) is 5.69 Å². The first-order chi connectivity index (χ1) is 18.8. The molecule has 1 aliphatic heterocycles. The van der Waals surface area contributed by atoms with Crippen LogP contribution in [0.5, 0.6) is 17.2 Å². The van der Waals surface area contributed by atoms with Crippen LogP contribution in [0.2, 0.25) is 0 Å². The quantitative estimate of drug-likeness (QED) is 0.127. The number of aryl methyl sites for hydroxylation is 1. The molecule has 1 unspecified atom stereocenters. The Morgan fingerprint density at radius 3 is 2.26 bits per heavy atom. The van der Waals surface area contributed by atoms with Crippen LogP contribution < -0.4 is 19.1 Å². The minimum absolute atomic E-state index is 0.107. The Balaban J connectivity index is 1.94. The number of rotatable bonds is 9. The molecule has 0 aliphatic carbocycles. The van der Waals surface area contributed by atoms with Gasteiger partial charge in [-0.25, -0.2) is 0 Å². The summed E-state index contributed by atoms with van der Waals surface area (Å²) in [7, 11) is 0. The lowest BCUT2D eigenvalue weighted by Crippen LogP contribution is -2.29. The number of amides is 1. The van der Waals surface area contributed by atoms with E-state index < -0.39 is 23.7 Å². The summed E-state index contributed by atoms with van der Waals surface area (Å²) in [6.45, 7) is 7.71. The van der Waals surface area contributed by atoms with Crippen LogP contribution in [0.1, 0.15) is 50.4 Å². The standard InChI is InChI=1S/C31H31NO7/c1-5-20-11-13-22(14-12-20)32-28(21-9-8-10-24(17-21)39-19(4)33)27(30(35)31(32)36)29(34)25-16-15-23(37-6-2)18-26(25)38-7-3/h8-18,28,34H,5-7H2,1-4H3/b29-27+. The molecule has 39 heavy (non-hydrogen) atoms. The molecule has 202 valence electrons. The van der Waals surface area contributed by atoms with Crippen molar-refractivity contribution >= 4 is 29.1 Å². The average molecular weight is 530 g/mol. The predicted molar refractivity (Wildman–Crippen MR) is 147 cm³/mol. The lowest BCUT2D eigenvalue weighted by molar-refractivity contribution is -0.132. The summed E-state index contributed by atoms with van der Waals surface area (Å²) < 4.78 is 16.6. The molecule has 3 aromatic carbocycles. The largest absolute Gasteiger partial charge is 0.507 e. The number of ketones is 1. The summed E-state index contributed by atoms with van der Waals surface area (Å²) in [5.41, 5.74) is 2.19. The Kier molecular flexibility index (Phi) is 8.34. The molecule has 1 N–H and O–H groups in total. The number of carbonyl (C=O) groups excluding carboxylic acids is 3. The summed E-state index contributed by atoms with van der Waals surface area (Å²) in [6, 6.07) is 17.8. The minimum Gasteiger partial charge on any atom is -0.507 e. The first-order valence-electron chi connectivity index (χ1n) is 12.9. The van der Waals surface area contributed by atoms with Gasteiger partial charge in [0.1, 0.15) is 23.0 Å². The molecule has 3 aromatic rings. The van der Waals surface area contributed by atoms with E-state index in [1.54, 1.807) is 61.5 Å². The van der Waals surface area contributed by atoms with Gasteiger partial charge in [-0.3, -0.25) is 19.3 Å². The molecule has 0 spiro atoms. The lowest BCUT2D eigenvalue weighted by atomic mass is 9.94. The Bertz CT molecular complexity index is 1430. The molecule has 0 bridgehead atoms. The monoisotopic (exact) mass is 529 g/mol. The third kappa shape index (κ3) is 5.65. The molecule has 1 heterocycles. The van der Waals surface area contributed by atoms with Gasteiger partial charge in [-0.1, -0.05) is 31.2 Å². The van der Waals surface area contributed by atoms with Gasteiger partial charge in [-0.15, -0.1) is 0 Å². The van der Waals surface area contributed by atoms with Gasteiger partial charge in [0.25, 0.3) is 11.7 Å². The molecule has 1 aliphatic rings. The Morgan fingerprint density at radius 1 is 0.897 bits per heavy atom. The second kappa shape index (κ2) is 11.9. The fraction of sp³-hybridized carbons (Fsp3) is 0.258. The van der Waals surface area contributed by atoms with Crippen molar-refractivity contribution in [2.24, 2.45) is 0 Å². The molecule has 8 nitrogen and oxygen atoms in total. The molecule has 1 fully saturated rings. The highest BCUT2D eigenvalue weighted by atomic mass is 16.5. The number of aliphatic hydroxyl groups excluding tert-OH is 1. The zero-order valence-electron chi connectivity index (χ0n) is 22.4. The van der Waals surface area contributed by atoms with Crippen LogP contribution in [-0.4, -0.2) is 36.0 Å². The summed E-state index contributed by atoms with van der Waals surface area (Å²) >= 11 is 0. The third-order valence-electron chi connectivity index (χ3n) is 6.32. The van der Waals surface area contributed by atoms with E-state index in [0.29, 0.717) is 36.0 Å². The van der Waals surface area contributed by atoms with Crippen LogP contribution in [0.25, 0.3) is 5.76 Å². The maximum Gasteiger partial charge on any atom is 0.308 e. The highest BCUT2D eigenvalue weighted by Gasteiger charge is 2.47. The van der Waals surface area contributed by atoms with Crippen molar-refractivity contribution in [1.29, 1.82) is 0 Å². The molecule has 1 atom stereocenters. The number of hydrogen-bond acceptors (Lipinski definition) is 7. The minimum atomic E-state index is -0.992. The maximum atomic E-state index is 13.6. The van der Waals surface area contributed by atoms with Gasteiger partial charge in [0.05, 0.1) is 30.4 Å². The number of nitrogens with zero attached hydrogens (tertiary/aromatic N) is 1. The first-order valence-corrected chi connectivity index (χ1v) is 12.9. The molecule has 0 radical (unpaired) electrons. The smallest absolute Gasteiger partial charge is 0.308 e. The van der Waals surface area contributed by atoms with Crippen LogP contribution in [0.3, 0.4) is 0 Å². The van der Waals surface area contributed by atoms with E-state index in [0.717, 1.165) is 12.0 Å². The number of carbonyl (C=O) groups is 3. The number of esters is 1. The fourth-order valence-electron chi connectivity index (χ4n) is 4.60. The van der Waals surface area contributed by atoms with Crippen molar-refractivity contribution in [1.82, 2.24) is 0 Å². The van der Waals surface area contributed by atoms with Crippen molar-refractivity contribution in [2.75, 3.05) is 18.1 Å². The molecule has 1 saturated heterocycles.